The van der Waals surface area contributed by atoms with Crippen molar-refractivity contribution in [3.8, 4) is 5.75 Å². The predicted molar refractivity (Wildman–Crippen MR) is 93.6 cm³/mol. The van der Waals surface area contributed by atoms with E-state index in [9.17, 15) is 4.79 Å². The molecule has 22 heavy (non-hydrogen) atoms. The van der Waals surface area contributed by atoms with Crippen LogP contribution in [0.3, 0.4) is 0 Å². The number of methoxy groups -OCH3 is 1. The molecule has 3 rings (SSSR count). The van der Waals surface area contributed by atoms with E-state index in [4.69, 9.17) is 4.74 Å². The van der Waals surface area contributed by atoms with E-state index in [1.807, 2.05) is 48.5 Å². The second kappa shape index (κ2) is 6.37. The van der Waals surface area contributed by atoms with Crippen molar-refractivity contribution in [1.29, 1.82) is 0 Å². The van der Waals surface area contributed by atoms with Crippen LogP contribution in [0.4, 0.5) is 5.69 Å². The van der Waals surface area contributed by atoms with Crippen molar-refractivity contribution in [2.75, 3.05) is 12.5 Å². The summed E-state index contributed by atoms with van der Waals surface area (Å²) < 4.78 is 7.19. The Bertz CT molecular complexity index is 832. The molecule has 0 aliphatic carbocycles. The van der Waals surface area contributed by atoms with Gasteiger partial charge < -0.3 is 4.74 Å². The van der Waals surface area contributed by atoms with Gasteiger partial charge in [0.05, 0.1) is 17.7 Å². The van der Waals surface area contributed by atoms with Gasteiger partial charge >= 0.3 is 0 Å². The molecule has 0 bridgehead atoms. The molecule has 112 valence electrons. The zero-order valence-corrected chi connectivity index (χ0v) is 14.1. The van der Waals surface area contributed by atoms with E-state index >= 15 is 0 Å². The molecule has 0 saturated heterocycles. The Morgan fingerprint density at radius 1 is 1.18 bits per heavy atom. The van der Waals surface area contributed by atoms with Gasteiger partial charge in [0.25, 0.3) is 5.91 Å². The number of hydrazine groups is 1. The molecule has 0 atom stereocenters. The van der Waals surface area contributed by atoms with E-state index in [-0.39, 0.29) is 5.91 Å². The Morgan fingerprint density at radius 3 is 2.82 bits per heavy atom. The van der Waals surface area contributed by atoms with Crippen molar-refractivity contribution in [2.45, 2.75) is 0 Å². The smallest absolute Gasteiger partial charge is 0.279 e. The van der Waals surface area contributed by atoms with Crippen LogP contribution in [0.2, 0.25) is 0 Å². The van der Waals surface area contributed by atoms with E-state index in [0.29, 0.717) is 4.88 Å². The molecular formula is C16H13BrN2O2S. The molecule has 0 fully saturated rings. The zero-order valence-electron chi connectivity index (χ0n) is 11.7. The number of ether oxygens (including phenoxy) is 1. The summed E-state index contributed by atoms with van der Waals surface area (Å²) in [6.07, 6.45) is 0. The highest BCUT2D eigenvalue weighted by Gasteiger charge is 2.10. The number of carbonyl (C=O) groups excluding carboxylic acids is 1. The van der Waals surface area contributed by atoms with Crippen LogP contribution in [0, 0.1) is 0 Å². The van der Waals surface area contributed by atoms with Crippen molar-refractivity contribution >= 4 is 48.9 Å². The highest BCUT2D eigenvalue weighted by molar-refractivity contribution is 9.10. The first-order valence-corrected chi connectivity index (χ1v) is 8.16. The van der Waals surface area contributed by atoms with Crippen molar-refractivity contribution in [1.82, 2.24) is 5.43 Å². The lowest BCUT2D eigenvalue weighted by Gasteiger charge is -2.07. The average molecular weight is 377 g/mol. The van der Waals surface area contributed by atoms with Crippen molar-refractivity contribution < 1.29 is 9.53 Å². The number of halogens is 1. The quantitative estimate of drug-likeness (QED) is 0.662. The van der Waals surface area contributed by atoms with Crippen LogP contribution >= 0.6 is 27.3 Å². The van der Waals surface area contributed by atoms with Gasteiger partial charge in [-0.05, 0) is 47.9 Å². The highest BCUT2D eigenvalue weighted by Crippen LogP contribution is 2.28. The largest absolute Gasteiger partial charge is 0.497 e. The van der Waals surface area contributed by atoms with E-state index in [0.717, 1.165) is 26.0 Å². The lowest BCUT2D eigenvalue weighted by molar-refractivity contribution is 0.0966. The average Bonchev–Trinajstić information content (AvgIpc) is 2.95. The minimum atomic E-state index is -0.167. The van der Waals surface area contributed by atoms with Crippen LogP contribution in [0.15, 0.2) is 53.0 Å². The third kappa shape index (κ3) is 3.23. The van der Waals surface area contributed by atoms with Gasteiger partial charge in [-0.3, -0.25) is 15.6 Å². The van der Waals surface area contributed by atoms with E-state index in [2.05, 4.69) is 26.8 Å². The normalized spacial score (nSPS) is 10.5. The van der Waals surface area contributed by atoms with Crippen LogP contribution in [-0.2, 0) is 0 Å². The highest BCUT2D eigenvalue weighted by atomic mass is 79.9. The van der Waals surface area contributed by atoms with E-state index < -0.39 is 0 Å². The third-order valence-corrected chi connectivity index (χ3v) is 4.70. The van der Waals surface area contributed by atoms with Crippen molar-refractivity contribution in [3.05, 3.63) is 57.9 Å². The topological polar surface area (TPSA) is 50.4 Å². The molecule has 0 unspecified atom stereocenters. The number of fused-ring (bicyclic) bond motifs is 1. The second-order valence-electron chi connectivity index (χ2n) is 4.60. The molecule has 3 aromatic rings. The van der Waals surface area contributed by atoms with Gasteiger partial charge in [-0.25, -0.2) is 0 Å². The van der Waals surface area contributed by atoms with Crippen LogP contribution in [-0.4, -0.2) is 13.0 Å². The number of hydrogen-bond donors (Lipinski definition) is 2. The summed E-state index contributed by atoms with van der Waals surface area (Å²) in [6, 6.07) is 15.2. The fourth-order valence-electron chi connectivity index (χ4n) is 2.02. The molecule has 0 aliphatic heterocycles. The van der Waals surface area contributed by atoms with Crippen molar-refractivity contribution in [3.63, 3.8) is 0 Å². The summed E-state index contributed by atoms with van der Waals surface area (Å²) in [7, 11) is 1.63. The standard InChI is InChI=1S/C16H13BrN2O2S/c1-21-13-5-6-14-10(7-13)8-15(22-14)16(20)19-18-12-4-2-3-11(17)9-12/h2-9,18H,1H3,(H,19,20). The fourth-order valence-corrected chi connectivity index (χ4v) is 3.35. The number of carbonyl (C=O) groups is 1. The van der Waals surface area contributed by atoms with Gasteiger partial charge in [0.2, 0.25) is 0 Å². The molecule has 0 radical (unpaired) electrons. The lowest BCUT2D eigenvalue weighted by atomic mass is 10.2. The predicted octanol–water partition coefficient (Wildman–Crippen LogP) is 4.43. The summed E-state index contributed by atoms with van der Waals surface area (Å²) in [4.78, 5) is 12.9. The number of benzene rings is 2. The maximum absolute atomic E-state index is 12.2. The number of nitrogens with one attached hydrogen (secondary N) is 2. The zero-order chi connectivity index (χ0) is 15.5. The third-order valence-electron chi connectivity index (χ3n) is 3.09. The first-order valence-electron chi connectivity index (χ1n) is 6.55. The maximum atomic E-state index is 12.2. The summed E-state index contributed by atoms with van der Waals surface area (Å²) in [5.41, 5.74) is 6.42. The summed E-state index contributed by atoms with van der Waals surface area (Å²) in [6.45, 7) is 0. The molecule has 1 heterocycles. The second-order valence-corrected chi connectivity index (χ2v) is 6.60. The summed E-state index contributed by atoms with van der Waals surface area (Å²) >= 11 is 4.83. The SMILES string of the molecule is COc1ccc2sc(C(=O)NNc3cccc(Br)c3)cc2c1. The first-order chi connectivity index (χ1) is 10.7. The van der Waals surface area contributed by atoms with Crippen LogP contribution in [0.1, 0.15) is 9.67 Å². The van der Waals surface area contributed by atoms with Gasteiger partial charge in [-0.1, -0.05) is 22.0 Å². The Hall–Kier alpha value is -2.05. The van der Waals surface area contributed by atoms with Gasteiger partial charge in [-0.15, -0.1) is 11.3 Å². The molecular weight excluding hydrogens is 364 g/mol. The van der Waals surface area contributed by atoms with Crippen LogP contribution in [0.5, 0.6) is 5.75 Å². The lowest BCUT2D eigenvalue weighted by Crippen LogP contribution is -2.28. The van der Waals surface area contributed by atoms with Gasteiger partial charge in [-0.2, -0.15) is 0 Å². The first kappa shape index (κ1) is 14.9. The molecule has 0 spiro atoms. The van der Waals surface area contributed by atoms with Gasteiger partial charge in [0, 0.05) is 9.17 Å². The van der Waals surface area contributed by atoms with Gasteiger partial charge in [0.15, 0.2) is 0 Å². The minimum Gasteiger partial charge on any atom is -0.497 e. The molecule has 1 aromatic heterocycles. The number of hydrogen-bond acceptors (Lipinski definition) is 4. The Morgan fingerprint density at radius 2 is 2.05 bits per heavy atom. The summed E-state index contributed by atoms with van der Waals surface area (Å²) in [5.74, 6) is 0.615. The minimum absolute atomic E-state index is 0.167. The number of amides is 1. The number of anilines is 1. The van der Waals surface area contributed by atoms with Crippen LogP contribution in [0.25, 0.3) is 10.1 Å². The van der Waals surface area contributed by atoms with Crippen molar-refractivity contribution in [2.24, 2.45) is 0 Å². The monoisotopic (exact) mass is 376 g/mol. The number of rotatable bonds is 4. The fraction of sp³-hybridized carbons (Fsp3) is 0.0625. The Kier molecular flexibility index (Phi) is 4.31. The number of thiophene rings is 1. The Balaban J connectivity index is 1.74. The molecule has 4 nitrogen and oxygen atoms in total. The maximum Gasteiger partial charge on any atom is 0.279 e. The van der Waals surface area contributed by atoms with Gasteiger partial charge in [0.1, 0.15) is 5.75 Å². The Labute approximate surface area is 140 Å². The molecule has 2 aromatic carbocycles. The molecule has 1 amide bonds. The molecule has 2 N–H and O–H groups in total. The molecule has 0 saturated carbocycles. The van der Waals surface area contributed by atoms with E-state index in [1.54, 1.807) is 7.11 Å². The molecule has 6 heteroatoms. The summed E-state index contributed by atoms with van der Waals surface area (Å²) in [5, 5.41) is 0.997. The van der Waals surface area contributed by atoms with Crippen LogP contribution < -0.4 is 15.6 Å². The molecule has 0 aliphatic rings. The van der Waals surface area contributed by atoms with E-state index in [1.165, 1.54) is 11.3 Å².